The number of hydrogen-bond acceptors (Lipinski definition) is 2. The number of aliphatic imine (C=N–C) groups is 1. The van der Waals surface area contributed by atoms with Crippen LogP contribution in [0.4, 0.5) is 4.39 Å². The summed E-state index contributed by atoms with van der Waals surface area (Å²) in [5.74, 6) is 1.31. The van der Waals surface area contributed by atoms with Gasteiger partial charge in [0.05, 0.1) is 7.11 Å². The molecule has 0 aliphatic heterocycles. The van der Waals surface area contributed by atoms with Gasteiger partial charge in [0, 0.05) is 25.7 Å². The Labute approximate surface area is 142 Å². The predicted molar refractivity (Wildman–Crippen MR) is 96.0 cm³/mol. The van der Waals surface area contributed by atoms with Crippen molar-refractivity contribution >= 4 is 5.96 Å². The summed E-state index contributed by atoms with van der Waals surface area (Å²) in [6, 6.07) is 12.8. The predicted octanol–water partition coefficient (Wildman–Crippen LogP) is 3.05. The second-order valence-electron chi connectivity index (χ2n) is 5.51. The van der Waals surface area contributed by atoms with Crippen LogP contribution in [0.3, 0.4) is 0 Å². The summed E-state index contributed by atoms with van der Waals surface area (Å²) in [7, 11) is 3.38. The van der Waals surface area contributed by atoms with Gasteiger partial charge < -0.3 is 15.4 Å². The molecule has 2 aromatic carbocycles. The summed E-state index contributed by atoms with van der Waals surface area (Å²) < 4.78 is 19.0. The third-order valence-electron chi connectivity index (χ3n) is 3.75. The molecule has 2 rings (SSSR count). The van der Waals surface area contributed by atoms with Crippen LogP contribution in [0.2, 0.25) is 0 Å². The molecule has 0 atom stereocenters. The fourth-order valence-electron chi connectivity index (χ4n) is 2.46. The van der Waals surface area contributed by atoms with E-state index in [0.717, 1.165) is 17.7 Å². The number of hydrogen-bond donors (Lipinski definition) is 2. The maximum atomic E-state index is 13.6. The highest BCUT2D eigenvalue weighted by atomic mass is 19.1. The molecule has 2 N–H and O–H groups in total. The highest BCUT2D eigenvalue weighted by molar-refractivity contribution is 5.79. The first-order valence-electron chi connectivity index (χ1n) is 7.95. The normalized spacial score (nSPS) is 11.2. The van der Waals surface area contributed by atoms with E-state index in [1.54, 1.807) is 26.3 Å². The van der Waals surface area contributed by atoms with Gasteiger partial charge in [0.15, 0.2) is 5.96 Å². The SMILES string of the molecule is CN=C(NCCc1cc(C)ccc1OC)NCc1ccccc1F. The number of guanidine groups is 1. The van der Waals surface area contributed by atoms with Gasteiger partial charge in [-0.25, -0.2) is 4.39 Å². The molecule has 128 valence electrons. The third-order valence-corrected chi connectivity index (χ3v) is 3.75. The quantitative estimate of drug-likeness (QED) is 0.632. The fourth-order valence-corrected chi connectivity index (χ4v) is 2.46. The molecule has 0 aliphatic rings. The lowest BCUT2D eigenvalue weighted by molar-refractivity contribution is 0.409. The van der Waals surface area contributed by atoms with Crippen LogP contribution in [-0.2, 0) is 13.0 Å². The molecular weight excluding hydrogens is 305 g/mol. The van der Waals surface area contributed by atoms with Crippen LogP contribution in [-0.4, -0.2) is 26.7 Å². The van der Waals surface area contributed by atoms with Crippen molar-refractivity contribution < 1.29 is 9.13 Å². The van der Waals surface area contributed by atoms with Crippen molar-refractivity contribution in [3.05, 3.63) is 65.0 Å². The number of nitrogens with zero attached hydrogens (tertiary/aromatic N) is 1. The Morgan fingerprint density at radius 1 is 1.12 bits per heavy atom. The van der Waals surface area contributed by atoms with E-state index in [-0.39, 0.29) is 5.82 Å². The van der Waals surface area contributed by atoms with Gasteiger partial charge in [0.1, 0.15) is 11.6 Å². The summed E-state index contributed by atoms with van der Waals surface area (Å²) >= 11 is 0. The van der Waals surface area contributed by atoms with Crippen LogP contribution in [0.15, 0.2) is 47.5 Å². The summed E-state index contributed by atoms with van der Waals surface area (Å²) in [6.07, 6.45) is 0.811. The molecule has 0 amide bonds. The van der Waals surface area contributed by atoms with E-state index >= 15 is 0 Å². The average molecular weight is 329 g/mol. The zero-order valence-electron chi connectivity index (χ0n) is 14.4. The summed E-state index contributed by atoms with van der Waals surface area (Å²) in [5, 5.41) is 6.36. The van der Waals surface area contributed by atoms with Gasteiger partial charge >= 0.3 is 0 Å². The van der Waals surface area contributed by atoms with E-state index in [0.29, 0.717) is 24.6 Å². The summed E-state index contributed by atoms with van der Waals surface area (Å²) in [4.78, 5) is 4.16. The molecule has 0 unspecified atom stereocenters. The largest absolute Gasteiger partial charge is 0.496 e. The second kappa shape index (κ2) is 8.91. The van der Waals surface area contributed by atoms with Crippen molar-refractivity contribution in [3.63, 3.8) is 0 Å². The number of ether oxygens (including phenoxy) is 1. The molecule has 5 heteroatoms. The zero-order valence-corrected chi connectivity index (χ0v) is 14.4. The van der Waals surface area contributed by atoms with E-state index in [4.69, 9.17) is 4.74 Å². The van der Waals surface area contributed by atoms with Crippen LogP contribution in [0, 0.1) is 12.7 Å². The second-order valence-corrected chi connectivity index (χ2v) is 5.51. The first kappa shape index (κ1) is 17.8. The van der Waals surface area contributed by atoms with Crippen LogP contribution in [0.25, 0.3) is 0 Å². The smallest absolute Gasteiger partial charge is 0.191 e. The summed E-state index contributed by atoms with van der Waals surface area (Å²) in [6.45, 7) is 3.15. The average Bonchev–Trinajstić information content (AvgIpc) is 2.59. The molecule has 0 saturated carbocycles. The van der Waals surface area contributed by atoms with Crippen molar-refractivity contribution in [2.75, 3.05) is 20.7 Å². The van der Waals surface area contributed by atoms with Gasteiger partial charge in [-0.1, -0.05) is 35.9 Å². The van der Waals surface area contributed by atoms with Crippen molar-refractivity contribution in [2.45, 2.75) is 19.9 Å². The molecule has 0 fully saturated rings. The van der Waals surface area contributed by atoms with Crippen molar-refractivity contribution in [1.82, 2.24) is 10.6 Å². The fraction of sp³-hybridized carbons (Fsp3) is 0.316. The highest BCUT2D eigenvalue weighted by Crippen LogP contribution is 2.19. The Morgan fingerprint density at radius 2 is 1.92 bits per heavy atom. The van der Waals surface area contributed by atoms with Crippen molar-refractivity contribution in [2.24, 2.45) is 4.99 Å². The molecule has 24 heavy (non-hydrogen) atoms. The first-order valence-corrected chi connectivity index (χ1v) is 7.95. The van der Waals surface area contributed by atoms with Crippen LogP contribution < -0.4 is 15.4 Å². The Balaban J connectivity index is 1.86. The molecule has 0 radical (unpaired) electrons. The van der Waals surface area contributed by atoms with E-state index in [1.807, 2.05) is 18.2 Å². The molecular formula is C19H24FN3O. The molecule has 4 nitrogen and oxygen atoms in total. The number of halogens is 1. The zero-order chi connectivity index (χ0) is 17.4. The van der Waals surface area contributed by atoms with Gasteiger partial charge in [-0.3, -0.25) is 4.99 Å². The lowest BCUT2D eigenvalue weighted by atomic mass is 10.1. The highest BCUT2D eigenvalue weighted by Gasteiger charge is 2.05. The Hall–Kier alpha value is -2.56. The van der Waals surface area contributed by atoms with E-state index in [9.17, 15) is 4.39 Å². The Morgan fingerprint density at radius 3 is 2.62 bits per heavy atom. The molecule has 0 saturated heterocycles. The lowest BCUT2D eigenvalue weighted by Crippen LogP contribution is -2.38. The minimum Gasteiger partial charge on any atom is -0.496 e. The van der Waals surface area contributed by atoms with Crippen LogP contribution >= 0.6 is 0 Å². The van der Waals surface area contributed by atoms with Crippen molar-refractivity contribution in [3.8, 4) is 5.75 Å². The lowest BCUT2D eigenvalue weighted by Gasteiger charge is -2.14. The third kappa shape index (κ3) is 4.98. The molecule has 0 heterocycles. The number of benzene rings is 2. The van der Waals surface area contributed by atoms with Gasteiger partial charge in [-0.05, 0) is 31.0 Å². The molecule has 0 spiro atoms. The minimum atomic E-state index is -0.218. The Bertz CT molecular complexity index is 701. The number of rotatable bonds is 6. The molecule has 0 aromatic heterocycles. The monoisotopic (exact) mass is 329 g/mol. The number of nitrogens with one attached hydrogen (secondary N) is 2. The molecule has 0 bridgehead atoms. The van der Waals surface area contributed by atoms with Gasteiger partial charge in [-0.2, -0.15) is 0 Å². The molecule has 0 aliphatic carbocycles. The summed E-state index contributed by atoms with van der Waals surface area (Å²) in [5.41, 5.74) is 2.96. The number of aryl methyl sites for hydroxylation is 1. The first-order chi connectivity index (χ1) is 11.6. The minimum absolute atomic E-state index is 0.218. The van der Waals surface area contributed by atoms with Crippen molar-refractivity contribution in [1.29, 1.82) is 0 Å². The molecule has 2 aromatic rings. The van der Waals surface area contributed by atoms with Gasteiger partial charge in [0.25, 0.3) is 0 Å². The Kier molecular flexibility index (Phi) is 6.61. The standard InChI is InChI=1S/C19H24FN3O/c1-14-8-9-18(24-3)15(12-14)10-11-22-19(21-2)23-13-16-6-4-5-7-17(16)20/h4-9,12H,10-11,13H2,1-3H3,(H2,21,22,23). The number of methoxy groups -OCH3 is 1. The van der Waals surface area contributed by atoms with E-state index in [1.165, 1.54) is 11.6 Å². The maximum absolute atomic E-state index is 13.6. The van der Waals surface area contributed by atoms with E-state index < -0.39 is 0 Å². The topological polar surface area (TPSA) is 45.7 Å². The van der Waals surface area contributed by atoms with Gasteiger partial charge in [-0.15, -0.1) is 0 Å². The van der Waals surface area contributed by atoms with Gasteiger partial charge in [0.2, 0.25) is 0 Å². The van der Waals surface area contributed by atoms with E-state index in [2.05, 4.69) is 28.6 Å². The van der Waals surface area contributed by atoms with Crippen LogP contribution in [0.5, 0.6) is 5.75 Å². The maximum Gasteiger partial charge on any atom is 0.191 e. The van der Waals surface area contributed by atoms with Crippen LogP contribution in [0.1, 0.15) is 16.7 Å².